The number of methoxy groups -OCH3 is 1. The van der Waals surface area contributed by atoms with Gasteiger partial charge in [-0.2, -0.15) is 0 Å². The molecule has 0 bridgehead atoms. The van der Waals surface area contributed by atoms with Crippen LogP contribution in [0, 0.1) is 0 Å². The lowest BCUT2D eigenvalue weighted by atomic mass is 10.0. The molecule has 0 aromatic heterocycles. The first-order valence-electron chi connectivity index (χ1n) is 6.61. The van der Waals surface area contributed by atoms with Gasteiger partial charge in [-0.05, 0) is 41.5 Å². The van der Waals surface area contributed by atoms with E-state index < -0.39 is 11.9 Å². The third-order valence-electron chi connectivity index (χ3n) is 3.01. The van der Waals surface area contributed by atoms with E-state index in [0.717, 1.165) is 10.8 Å². The Bertz CT molecular complexity index is 701. The van der Waals surface area contributed by atoms with Crippen LogP contribution in [0.15, 0.2) is 42.5 Å². The van der Waals surface area contributed by atoms with E-state index in [1.54, 1.807) is 19.1 Å². The van der Waals surface area contributed by atoms with Gasteiger partial charge >= 0.3 is 11.9 Å². The highest BCUT2D eigenvalue weighted by Gasteiger charge is 2.11. The van der Waals surface area contributed by atoms with Gasteiger partial charge in [0.2, 0.25) is 0 Å². The summed E-state index contributed by atoms with van der Waals surface area (Å²) >= 11 is 0. The number of hydrogen-bond acceptors (Lipinski definition) is 4. The van der Waals surface area contributed by atoms with Crippen LogP contribution in [0.3, 0.4) is 0 Å². The summed E-state index contributed by atoms with van der Waals surface area (Å²) in [4.78, 5) is 23.3. The van der Waals surface area contributed by atoms with Crippen molar-refractivity contribution < 1.29 is 19.1 Å². The molecule has 108 valence electrons. The molecule has 0 radical (unpaired) electrons. The summed E-state index contributed by atoms with van der Waals surface area (Å²) in [5, 5.41) is 1.92. The van der Waals surface area contributed by atoms with Gasteiger partial charge in [0.25, 0.3) is 0 Å². The van der Waals surface area contributed by atoms with E-state index in [2.05, 4.69) is 0 Å². The average molecular weight is 284 g/mol. The summed E-state index contributed by atoms with van der Waals surface area (Å²) < 4.78 is 9.63. The van der Waals surface area contributed by atoms with Crippen LogP contribution in [0.25, 0.3) is 16.8 Å². The minimum atomic E-state index is -0.443. The Balaban J connectivity index is 2.48. The minimum absolute atomic E-state index is 0.310. The van der Waals surface area contributed by atoms with Crippen molar-refractivity contribution in [1.82, 2.24) is 0 Å². The standard InChI is InChI=1S/C17H16O4/c1-3-21-16(18)9-8-14-10-12-6-4-5-7-13(12)11-15(14)17(19)20-2/h4-11H,3H2,1-2H3/b9-8+. The highest BCUT2D eigenvalue weighted by Crippen LogP contribution is 2.22. The van der Waals surface area contributed by atoms with Crippen LogP contribution in [-0.4, -0.2) is 25.7 Å². The van der Waals surface area contributed by atoms with Crippen molar-refractivity contribution in [2.75, 3.05) is 13.7 Å². The number of rotatable bonds is 4. The third kappa shape index (κ3) is 3.48. The first kappa shape index (κ1) is 14.8. The van der Waals surface area contributed by atoms with E-state index in [1.807, 2.05) is 30.3 Å². The van der Waals surface area contributed by atoms with E-state index in [1.165, 1.54) is 13.2 Å². The van der Waals surface area contributed by atoms with Gasteiger partial charge in [0.05, 0.1) is 19.3 Å². The molecule has 2 aromatic rings. The molecular weight excluding hydrogens is 268 g/mol. The Kier molecular flexibility index (Phi) is 4.72. The van der Waals surface area contributed by atoms with Crippen molar-refractivity contribution in [3.8, 4) is 0 Å². The number of carbonyl (C=O) groups excluding carboxylic acids is 2. The molecule has 0 saturated carbocycles. The zero-order chi connectivity index (χ0) is 15.2. The highest BCUT2D eigenvalue weighted by molar-refractivity contribution is 6.00. The number of fused-ring (bicyclic) bond motifs is 1. The van der Waals surface area contributed by atoms with Crippen LogP contribution in [0.4, 0.5) is 0 Å². The Hall–Kier alpha value is -2.62. The number of hydrogen-bond donors (Lipinski definition) is 0. The molecule has 0 spiro atoms. The zero-order valence-electron chi connectivity index (χ0n) is 12.0. The molecule has 2 aromatic carbocycles. The summed E-state index contributed by atoms with van der Waals surface area (Å²) in [6.45, 7) is 2.05. The second-order valence-electron chi connectivity index (χ2n) is 4.36. The van der Waals surface area contributed by atoms with Crippen molar-refractivity contribution in [3.05, 3.63) is 53.6 Å². The average Bonchev–Trinajstić information content (AvgIpc) is 2.51. The molecule has 0 aliphatic rings. The fourth-order valence-corrected chi connectivity index (χ4v) is 2.03. The van der Waals surface area contributed by atoms with E-state index in [0.29, 0.717) is 17.7 Å². The highest BCUT2D eigenvalue weighted by atomic mass is 16.5. The molecule has 0 amide bonds. The van der Waals surface area contributed by atoms with Gasteiger partial charge in [-0.25, -0.2) is 9.59 Å². The van der Waals surface area contributed by atoms with Gasteiger partial charge < -0.3 is 9.47 Å². The largest absolute Gasteiger partial charge is 0.465 e. The second kappa shape index (κ2) is 6.70. The van der Waals surface area contributed by atoms with Gasteiger partial charge in [-0.1, -0.05) is 24.3 Å². The van der Waals surface area contributed by atoms with Crippen molar-refractivity contribution in [1.29, 1.82) is 0 Å². The molecule has 0 N–H and O–H groups in total. The monoisotopic (exact) mass is 284 g/mol. The maximum atomic E-state index is 11.9. The van der Waals surface area contributed by atoms with Crippen LogP contribution >= 0.6 is 0 Å². The van der Waals surface area contributed by atoms with E-state index in [4.69, 9.17) is 9.47 Å². The Morgan fingerprint density at radius 2 is 1.81 bits per heavy atom. The lowest BCUT2D eigenvalue weighted by Crippen LogP contribution is -2.04. The summed E-state index contributed by atoms with van der Waals surface area (Å²) in [7, 11) is 1.33. The number of benzene rings is 2. The molecule has 0 atom stereocenters. The molecule has 21 heavy (non-hydrogen) atoms. The molecule has 4 heteroatoms. The van der Waals surface area contributed by atoms with Crippen LogP contribution in [0.1, 0.15) is 22.8 Å². The third-order valence-corrected chi connectivity index (χ3v) is 3.01. The lowest BCUT2D eigenvalue weighted by molar-refractivity contribution is -0.137. The van der Waals surface area contributed by atoms with Crippen molar-refractivity contribution in [3.63, 3.8) is 0 Å². The normalized spacial score (nSPS) is 10.8. The molecule has 4 nitrogen and oxygen atoms in total. The van der Waals surface area contributed by atoms with Crippen LogP contribution in [0.5, 0.6) is 0 Å². The maximum Gasteiger partial charge on any atom is 0.338 e. The van der Waals surface area contributed by atoms with Gasteiger partial charge in [-0.3, -0.25) is 0 Å². The SMILES string of the molecule is CCOC(=O)/C=C/c1cc2ccccc2cc1C(=O)OC. The predicted molar refractivity (Wildman–Crippen MR) is 81.0 cm³/mol. The Morgan fingerprint density at radius 3 is 2.43 bits per heavy atom. The Morgan fingerprint density at radius 1 is 1.14 bits per heavy atom. The predicted octanol–water partition coefficient (Wildman–Crippen LogP) is 3.20. The van der Waals surface area contributed by atoms with E-state index in [-0.39, 0.29) is 0 Å². The summed E-state index contributed by atoms with van der Waals surface area (Å²) in [5.74, 6) is -0.884. The fourth-order valence-electron chi connectivity index (χ4n) is 2.03. The lowest BCUT2D eigenvalue weighted by Gasteiger charge is -2.07. The van der Waals surface area contributed by atoms with Gasteiger partial charge in [0, 0.05) is 6.08 Å². The molecule has 0 aliphatic heterocycles. The molecule has 0 heterocycles. The minimum Gasteiger partial charge on any atom is -0.465 e. The van der Waals surface area contributed by atoms with E-state index in [9.17, 15) is 9.59 Å². The van der Waals surface area contributed by atoms with E-state index >= 15 is 0 Å². The topological polar surface area (TPSA) is 52.6 Å². The van der Waals surface area contributed by atoms with Crippen LogP contribution in [-0.2, 0) is 14.3 Å². The molecule has 0 saturated heterocycles. The van der Waals surface area contributed by atoms with Crippen molar-refractivity contribution in [2.24, 2.45) is 0 Å². The van der Waals surface area contributed by atoms with Crippen LogP contribution < -0.4 is 0 Å². The summed E-state index contributed by atoms with van der Waals surface area (Å²) in [5.41, 5.74) is 1.03. The van der Waals surface area contributed by atoms with Crippen molar-refractivity contribution >= 4 is 28.8 Å². The van der Waals surface area contributed by atoms with Gasteiger partial charge in [0.15, 0.2) is 0 Å². The maximum absolute atomic E-state index is 11.9. The summed E-state index contributed by atoms with van der Waals surface area (Å²) in [6.07, 6.45) is 2.87. The van der Waals surface area contributed by atoms with Crippen molar-refractivity contribution in [2.45, 2.75) is 6.92 Å². The first-order valence-corrected chi connectivity index (χ1v) is 6.61. The Labute approximate surface area is 123 Å². The van der Waals surface area contributed by atoms with Gasteiger partial charge in [-0.15, -0.1) is 0 Å². The molecule has 0 aliphatic carbocycles. The smallest absolute Gasteiger partial charge is 0.338 e. The second-order valence-corrected chi connectivity index (χ2v) is 4.36. The number of esters is 2. The number of carbonyl (C=O) groups is 2. The molecular formula is C17H16O4. The van der Waals surface area contributed by atoms with Crippen LogP contribution in [0.2, 0.25) is 0 Å². The molecule has 2 rings (SSSR count). The number of ether oxygens (including phenoxy) is 2. The quantitative estimate of drug-likeness (QED) is 0.639. The molecule has 0 unspecified atom stereocenters. The summed E-state index contributed by atoms with van der Waals surface area (Å²) in [6, 6.07) is 11.3. The van der Waals surface area contributed by atoms with Gasteiger partial charge in [0.1, 0.15) is 0 Å². The molecule has 0 fully saturated rings. The fraction of sp³-hybridized carbons (Fsp3) is 0.176. The first-order chi connectivity index (χ1) is 10.2. The zero-order valence-corrected chi connectivity index (χ0v) is 12.0.